The standard InChI is InChI=1S/C15H22N2O3/c1-11(9-12-3-5-13(20-2)6-4-12)17-8-7-15(16,10-17)14(18)19/h3-6,11H,7-10,16H2,1-2H3,(H,18,19). The molecule has 2 unspecified atom stereocenters. The molecule has 5 heteroatoms. The average molecular weight is 278 g/mol. The number of carboxylic acids is 1. The molecule has 0 saturated carbocycles. The van der Waals surface area contributed by atoms with E-state index in [1.165, 1.54) is 5.56 Å². The Morgan fingerprint density at radius 1 is 1.50 bits per heavy atom. The summed E-state index contributed by atoms with van der Waals surface area (Å²) in [6, 6.07) is 8.23. The highest BCUT2D eigenvalue weighted by atomic mass is 16.5. The lowest BCUT2D eigenvalue weighted by Gasteiger charge is -2.26. The molecule has 3 N–H and O–H groups in total. The monoisotopic (exact) mass is 278 g/mol. The van der Waals surface area contributed by atoms with Gasteiger partial charge in [0.2, 0.25) is 0 Å². The Morgan fingerprint density at radius 2 is 2.15 bits per heavy atom. The van der Waals surface area contributed by atoms with E-state index in [2.05, 4.69) is 11.8 Å². The minimum absolute atomic E-state index is 0.271. The maximum absolute atomic E-state index is 11.2. The molecular weight excluding hydrogens is 256 g/mol. The van der Waals surface area contributed by atoms with Gasteiger partial charge in [0.25, 0.3) is 0 Å². The second kappa shape index (κ2) is 5.81. The molecule has 1 saturated heterocycles. The number of carboxylic acid groups (broad SMARTS) is 1. The van der Waals surface area contributed by atoms with E-state index in [1.807, 2.05) is 24.3 Å². The predicted octanol–water partition coefficient (Wildman–Crippen LogP) is 1.11. The summed E-state index contributed by atoms with van der Waals surface area (Å²) in [4.78, 5) is 13.3. The molecule has 5 nitrogen and oxygen atoms in total. The number of benzene rings is 1. The van der Waals surface area contributed by atoms with Gasteiger partial charge in [-0.25, -0.2) is 0 Å². The molecule has 20 heavy (non-hydrogen) atoms. The number of methoxy groups -OCH3 is 1. The van der Waals surface area contributed by atoms with Crippen molar-refractivity contribution >= 4 is 5.97 Å². The van der Waals surface area contributed by atoms with Crippen molar-refractivity contribution in [1.29, 1.82) is 0 Å². The summed E-state index contributed by atoms with van der Waals surface area (Å²) in [5.41, 5.74) is 6.03. The van der Waals surface area contributed by atoms with Gasteiger partial charge >= 0.3 is 5.97 Å². The number of likely N-dealkylation sites (tertiary alicyclic amines) is 1. The first-order valence-electron chi connectivity index (χ1n) is 6.84. The Kier molecular flexibility index (Phi) is 4.30. The second-order valence-electron chi connectivity index (χ2n) is 5.58. The van der Waals surface area contributed by atoms with Crippen LogP contribution in [0.25, 0.3) is 0 Å². The van der Waals surface area contributed by atoms with Crippen molar-refractivity contribution in [3.8, 4) is 5.75 Å². The molecule has 1 aliphatic heterocycles. The average Bonchev–Trinajstić information content (AvgIpc) is 2.84. The summed E-state index contributed by atoms with van der Waals surface area (Å²) in [6.45, 7) is 3.26. The van der Waals surface area contributed by atoms with Gasteiger partial charge in [-0.05, 0) is 37.5 Å². The Bertz CT molecular complexity index is 475. The van der Waals surface area contributed by atoms with Crippen molar-refractivity contribution in [3.05, 3.63) is 29.8 Å². The van der Waals surface area contributed by atoms with E-state index in [0.717, 1.165) is 18.7 Å². The Hall–Kier alpha value is -1.59. The third kappa shape index (κ3) is 3.11. The Labute approximate surface area is 119 Å². The van der Waals surface area contributed by atoms with Crippen LogP contribution in [0.4, 0.5) is 0 Å². The molecule has 1 fully saturated rings. The van der Waals surface area contributed by atoms with Gasteiger partial charge in [0.15, 0.2) is 0 Å². The van der Waals surface area contributed by atoms with E-state index in [4.69, 9.17) is 15.6 Å². The van der Waals surface area contributed by atoms with Crippen molar-refractivity contribution in [2.75, 3.05) is 20.2 Å². The molecule has 0 amide bonds. The zero-order valence-corrected chi connectivity index (χ0v) is 12.0. The molecule has 2 rings (SSSR count). The summed E-state index contributed by atoms with van der Waals surface area (Å²) >= 11 is 0. The van der Waals surface area contributed by atoms with E-state index in [1.54, 1.807) is 7.11 Å². The zero-order chi connectivity index (χ0) is 14.8. The van der Waals surface area contributed by atoms with E-state index in [0.29, 0.717) is 13.0 Å². The van der Waals surface area contributed by atoms with Crippen LogP contribution >= 0.6 is 0 Å². The number of carbonyl (C=O) groups is 1. The van der Waals surface area contributed by atoms with Crippen molar-refractivity contribution in [3.63, 3.8) is 0 Å². The van der Waals surface area contributed by atoms with Crippen LogP contribution in [0, 0.1) is 0 Å². The Morgan fingerprint density at radius 3 is 2.65 bits per heavy atom. The fraction of sp³-hybridized carbons (Fsp3) is 0.533. The molecule has 1 aromatic carbocycles. The minimum atomic E-state index is -1.09. The summed E-state index contributed by atoms with van der Waals surface area (Å²) in [5.74, 6) is -0.0638. The highest BCUT2D eigenvalue weighted by Crippen LogP contribution is 2.23. The minimum Gasteiger partial charge on any atom is -0.497 e. The van der Waals surface area contributed by atoms with Crippen molar-refractivity contribution in [2.45, 2.75) is 31.3 Å². The summed E-state index contributed by atoms with van der Waals surface area (Å²) in [7, 11) is 1.65. The second-order valence-corrected chi connectivity index (χ2v) is 5.58. The highest BCUT2D eigenvalue weighted by molar-refractivity contribution is 5.79. The maximum atomic E-state index is 11.2. The van der Waals surface area contributed by atoms with Crippen LogP contribution in [0.3, 0.4) is 0 Å². The van der Waals surface area contributed by atoms with Gasteiger partial charge in [-0.15, -0.1) is 0 Å². The third-order valence-corrected chi connectivity index (χ3v) is 4.07. The molecule has 0 bridgehead atoms. The van der Waals surface area contributed by atoms with Crippen molar-refractivity contribution in [2.24, 2.45) is 5.73 Å². The molecule has 1 aromatic rings. The van der Waals surface area contributed by atoms with Crippen molar-refractivity contribution in [1.82, 2.24) is 4.90 Å². The topological polar surface area (TPSA) is 75.8 Å². The fourth-order valence-electron chi connectivity index (χ4n) is 2.65. The van der Waals surface area contributed by atoms with Crippen LogP contribution in [0.5, 0.6) is 5.75 Å². The molecule has 2 atom stereocenters. The van der Waals surface area contributed by atoms with E-state index >= 15 is 0 Å². The number of hydrogen-bond donors (Lipinski definition) is 2. The predicted molar refractivity (Wildman–Crippen MR) is 76.9 cm³/mol. The molecule has 1 heterocycles. The lowest BCUT2D eigenvalue weighted by molar-refractivity contribution is -0.142. The van der Waals surface area contributed by atoms with Crippen LogP contribution < -0.4 is 10.5 Å². The molecule has 110 valence electrons. The number of ether oxygens (including phenoxy) is 1. The lowest BCUT2D eigenvalue weighted by atomic mass is 10.0. The summed E-state index contributed by atoms with van der Waals surface area (Å²) < 4.78 is 5.14. The van der Waals surface area contributed by atoms with Gasteiger partial charge in [-0.2, -0.15) is 0 Å². The molecule has 1 aliphatic rings. The molecular formula is C15H22N2O3. The van der Waals surface area contributed by atoms with Gasteiger partial charge in [0.05, 0.1) is 7.11 Å². The largest absolute Gasteiger partial charge is 0.497 e. The Balaban J connectivity index is 1.95. The zero-order valence-electron chi connectivity index (χ0n) is 12.0. The summed E-state index contributed by atoms with van der Waals surface area (Å²) in [6.07, 6.45) is 1.38. The van der Waals surface area contributed by atoms with Gasteiger partial charge in [-0.3, -0.25) is 9.69 Å². The maximum Gasteiger partial charge on any atom is 0.325 e. The first kappa shape index (κ1) is 14.8. The SMILES string of the molecule is COc1ccc(CC(C)N2CCC(N)(C(=O)O)C2)cc1. The fourth-order valence-corrected chi connectivity index (χ4v) is 2.65. The number of aliphatic carboxylic acids is 1. The third-order valence-electron chi connectivity index (χ3n) is 4.07. The summed E-state index contributed by atoms with van der Waals surface area (Å²) in [5, 5.41) is 9.15. The highest BCUT2D eigenvalue weighted by Gasteiger charge is 2.42. The first-order chi connectivity index (χ1) is 9.44. The number of hydrogen-bond acceptors (Lipinski definition) is 4. The van der Waals surface area contributed by atoms with Crippen LogP contribution in [-0.2, 0) is 11.2 Å². The smallest absolute Gasteiger partial charge is 0.325 e. The van der Waals surface area contributed by atoms with Crippen LogP contribution in [-0.4, -0.2) is 47.8 Å². The van der Waals surface area contributed by atoms with E-state index in [-0.39, 0.29) is 6.04 Å². The molecule has 0 aromatic heterocycles. The van der Waals surface area contributed by atoms with Crippen molar-refractivity contribution < 1.29 is 14.6 Å². The van der Waals surface area contributed by atoms with Crippen LogP contribution in [0.2, 0.25) is 0 Å². The first-order valence-corrected chi connectivity index (χ1v) is 6.84. The van der Waals surface area contributed by atoms with Crippen LogP contribution in [0.1, 0.15) is 18.9 Å². The quantitative estimate of drug-likeness (QED) is 0.844. The number of rotatable bonds is 5. The molecule has 0 aliphatic carbocycles. The van der Waals surface area contributed by atoms with Crippen LogP contribution in [0.15, 0.2) is 24.3 Å². The lowest BCUT2D eigenvalue weighted by Crippen LogP contribution is -2.51. The molecule has 0 spiro atoms. The van der Waals surface area contributed by atoms with E-state index < -0.39 is 11.5 Å². The van der Waals surface area contributed by atoms with Gasteiger partial charge in [-0.1, -0.05) is 12.1 Å². The van der Waals surface area contributed by atoms with Gasteiger partial charge < -0.3 is 15.6 Å². The molecule has 0 radical (unpaired) electrons. The normalized spacial score (nSPS) is 24.6. The number of nitrogens with two attached hydrogens (primary N) is 1. The van der Waals surface area contributed by atoms with E-state index in [9.17, 15) is 4.79 Å². The van der Waals surface area contributed by atoms with Gasteiger partial charge in [0.1, 0.15) is 11.3 Å². The van der Waals surface area contributed by atoms with Gasteiger partial charge in [0, 0.05) is 19.1 Å². The number of nitrogens with zero attached hydrogens (tertiary/aromatic N) is 1.